The molecule has 4 atom stereocenters. The smallest absolute Gasteiger partial charge is 0.329 e. The fourth-order valence-corrected chi connectivity index (χ4v) is 7.73. The number of carbonyl (C=O) groups excluding carboxylic acids is 1. The van der Waals surface area contributed by atoms with Gasteiger partial charge in [-0.25, -0.2) is 0 Å². The van der Waals surface area contributed by atoms with Crippen LogP contribution in [0, 0.1) is 0 Å². The average molecular weight is 658 g/mol. The number of thiol groups is 1. The van der Waals surface area contributed by atoms with E-state index in [0.29, 0.717) is 44.2 Å². The van der Waals surface area contributed by atoms with Gasteiger partial charge in [-0.1, -0.05) is 30.4 Å². The first kappa shape index (κ1) is 37.8. The monoisotopic (exact) mass is 657 g/mol. The number of nitrogens with zero attached hydrogens (tertiary/aromatic N) is 3. The van der Waals surface area contributed by atoms with Gasteiger partial charge in [0.15, 0.2) is 10.3 Å². The quantitative estimate of drug-likeness (QED) is 0.0386. The number of carboxylic acids is 2. The number of hydrogen-bond acceptors (Lipinski definition) is 14. The van der Waals surface area contributed by atoms with Crippen LogP contribution in [0.2, 0.25) is 0 Å². The zero-order valence-electron chi connectivity index (χ0n) is 22.9. The minimum absolute atomic E-state index is 0.0354. The van der Waals surface area contributed by atoms with Crippen molar-refractivity contribution in [3.63, 3.8) is 0 Å². The van der Waals surface area contributed by atoms with Gasteiger partial charge in [-0.05, 0) is 44.2 Å². The van der Waals surface area contributed by atoms with Gasteiger partial charge in [0.25, 0.3) is 0 Å². The predicted molar refractivity (Wildman–Crippen MR) is 160 cm³/mol. The van der Waals surface area contributed by atoms with Crippen LogP contribution in [0.3, 0.4) is 0 Å². The molecule has 0 aromatic carbocycles. The maximum absolute atomic E-state index is 12.6. The first-order valence-corrected chi connectivity index (χ1v) is 17.7. The first-order chi connectivity index (χ1) is 19.4. The first-order valence-electron chi connectivity index (χ1n) is 13.2. The number of esters is 1. The van der Waals surface area contributed by atoms with Gasteiger partial charge >= 0.3 is 23.9 Å². The highest BCUT2D eigenvalue weighted by Crippen LogP contribution is 2.39. The van der Waals surface area contributed by atoms with E-state index in [2.05, 4.69) is 27.6 Å². The van der Waals surface area contributed by atoms with Crippen LogP contribution >= 0.6 is 44.1 Å². The van der Waals surface area contributed by atoms with Gasteiger partial charge in [0.2, 0.25) is 0 Å². The van der Waals surface area contributed by atoms with Crippen molar-refractivity contribution < 1.29 is 49.8 Å². The minimum atomic E-state index is -1.10. The average Bonchev–Trinajstić information content (AvgIpc) is 2.92. The maximum atomic E-state index is 12.6. The van der Waals surface area contributed by atoms with E-state index in [1.807, 2.05) is 0 Å². The molecule has 6 N–H and O–H groups in total. The SMILES string of the molecule is CCC(O)C(O)CSc1nc(OC(=O)CCCP(CCCC(=O)O)CCCC(=O)O)nc(SCC(O)C(O)CS)n1. The highest BCUT2D eigenvalue weighted by atomic mass is 32.2. The Morgan fingerprint density at radius 1 is 0.780 bits per heavy atom. The lowest BCUT2D eigenvalue weighted by Crippen LogP contribution is -2.29. The molecule has 17 heteroatoms. The van der Waals surface area contributed by atoms with Crippen molar-refractivity contribution in [1.82, 2.24) is 15.0 Å². The van der Waals surface area contributed by atoms with Crippen molar-refractivity contribution in [2.75, 3.05) is 35.7 Å². The molecule has 0 saturated heterocycles. The van der Waals surface area contributed by atoms with Crippen molar-refractivity contribution >= 4 is 62.0 Å². The number of aliphatic hydroxyl groups is 4. The molecule has 1 heterocycles. The summed E-state index contributed by atoms with van der Waals surface area (Å²) in [6.07, 6.45) is -0.155. The number of aliphatic hydroxyl groups excluding tert-OH is 4. The predicted octanol–water partition coefficient (Wildman–Crippen LogP) is 1.74. The van der Waals surface area contributed by atoms with Crippen molar-refractivity contribution in [3.8, 4) is 6.01 Å². The molecule has 41 heavy (non-hydrogen) atoms. The van der Waals surface area contributed by atoms with Crippen molar-refractivity contribution in [3.05, 3.63) is 0 Å². The van der Waals surface area contributed by atoms with Gasteiger partial charge in [0.1, 0.15) is 0 Å². The third kappa shape index (κ3) is 17.5. The van der Waals surface area contributed by atoms with Gasteiger partial charge in [0.05, 0.1) is 24.4 Å². The summed E-state index contributed by atoms with van der Waals surface area (Å²) in [4.78, 5) is 46.8. The van der Waals surface area contributed by atoms with Crippen LogP contribution < -0.4 is 4.74 Å². The molecule has 0 fully saturated rings. The lowest BCUT2D eigenvalue weighted by atomic mass is 10.2. The Morgan fingerprint density at radius 2 is 1.24 bits per heavy atom. The molecule has 13 nitrogen and oxygen atoms in total. The Labute approximate surface area is 254 Å². The molecule has 0 bridgehead atoms. The van der Waals surface area contributed by atoms with E-state index in [1.165, 1.54) is 0 Å². The van der Waals surface area contributed by atoms with E-state index in [4.69, 9.17) is 14.9 Å². The van der Waals surface area contributed by atoms with Crippen LogP contribution in [0.25, 0.3) is 0 Å². The van der Waals surface area contributed by atoms with Crippen LogP contribution in [-0.4, -0.2) is 124 Å². The summed E-state index contributed by atoms with van der Waals surface area (Å²) in [5.74, 6) is -2.20. The lowest BCUT2D eigenvalue weighted by Gasteiger charge is -2.17. The molecule has 1 aromatic rings. The normalized spacial score (nSPS) is 14.4. The van der Waals surface area contributed by atoms with E-state index in [9.17, 15) is 34.8 Å². The largest absolute Gasteiger partial charge is 0.481 e. The van der Waals surface area contributed by atoms with E-state index in [1.54, 1.807) is 6.92 Å². The second-order valence-corrected chi connectivity index (χ2v) is 14.1. The van der Waals surface area contributed by atoms with E-state index >= 15 is 0 Å². The zero-order valence-corrected chi connectivity index (χ0v) is 26.3. The molecule has 0 spiro atoms. The molecule has 234 valence electrons. The summed E-state index contributed by atoms with van der Waals surface area (Å²) in [6, 6.07) is -0.269. The van der Waals surface area contributed by atoms with Crippen LogP contribution in [0.15, 0.2) is 10.3 Å². The second kappa shape index (κ2) is 21.4. The fourth-order valence-electron chi connectivity index (χ4n) is 3.27. The fraction of sp³-hybridized carbons (Fsp3) is 0.750. The molecule has 1 rings (SSSR count). The summed E-state index contributed by atoms with van der Waals surface area (Å²) < 4.78 is 5.34. The number of thioether (sulfide) groups is 2. The summed E-state index contributed by atoms with van der Waals surface area (Å²) in [6.45, 7) is 1.73. The number of aliphatic carboxylic acids is 2. The standard InChI is InChI=1S/C24H40N3O10PS3/c1-2-15(28)17(30)13-40-23-25-22(26-24(27-23)41-14-18(31)16(29)12-39)37-21(36)8-5-11-38(9-3-6-19(32)33)10-4-7-20(34)35/h15-18,28-31,39H,2-14H2,1H3,(H,32,33)(H,34,35). The van der Waals surface area contributed by atoms with Crippen LogP contribution in [0.5, 0.6) is 6.01 Å². The van der Waals surface area contributed by atoms with Gasteiger partial charge in [0, 0.05) is 36.5 Å². The van der Waals surface area contributed by atoms with E-state index in [-0.39, 0.29) is 52.8 Å². The van der Waals surface area contributed by atoms with Gasteiger partial charge in [-0.3, -0.25) is 14.4 Å². The Hall–Kier alpha value is -1.26. The Morgan fingerprint density at radius 3 is 1.68 bits per heavy atom. The third-order valence-electron chi connectivity index (χ3n) is 5.62. The molecular weight excluding hydrogens is 617 g/mol. The topological polar surface area (TPSA) is 220 Å². The summed E-state index contributed by atoms with van der Waals surface area (Å²) in [5.41, 5.74) is 0. The maximum Gasteiger partial charge on any atom is 0.329 e. The number of carboxylic acid groups (broad SMARTS) is 2. The number of hydrogen-bond donors (Lipinski definition) is 7. The lowest BCUT2D eigenvalue weighted by molar-refractivity contribution is -0.138. The number of ether oxygens (including phenoxy) is 1. The van der Waals surface area contributed by atoms with Crippen molar-refractivity contribution in [2.24, 2.45) is 0 Å². The number of carbonyl (C=O) groups is 3. The van der Waals surface area contributed by atoms with Gasteiger partial charge in [-0.2, -0.15) is 27.6 Å². The molecule has 4 unspecified atom stereocenters. The molecule has 0 aliphatic rings. The van der Waals surface area contributed by atoms with Crippen molar-refractivity contribution in [1.29, 1.82) is 0 Å². The number of aromatic nitrogens is 3. The highest BCUT2D eigenvalue weighted by molar-refractivity contribution is 7.99. The Balaban J connectivity index is 2.82. The van der Waals surface area contributed by atoms with Crippen molar-refractivity contribution in [2.45, 2.75) is 86.6 Å². The molecule has 0 amide bonds. The minimum Gasteiger partial charge on any atom is -0.481 e. The van der Waals surface area contributed by atoms with Crippen LogP contribution in [0.4, 0.5) is 0 Å². The summed E-state index contributed by atoms with van der Waals surface area (Å²) in [5, 5.41) is 57.7. The number of rotatable bonds is 23. The summed E-state index contributed by atoms with van der Waals surface area (Å²) >= 11 is 6.00. The van der Waals surface area contributed by atoms with Crippen LogP contribution in [-0.2, 0) is 14.4 Å². The molecule has 0 radical (unpaired) electrons. The van der Waals surface area contributed by atoms with E-state index < -0.39 is 50.2 Å². The van der Waals surface area contributed by atoms with Gasteiger partial charge < -0.3 is 35.4 Å². The van der Waals surface area contributed by atoms with Gasteiger partial charge in [-0.15, -0.1) is 7.92 Å². The highest BCUT2D eigenvalue weighted by Gasteiger charge is 2.20. The molecule has 0 aliphatic carbocycles. The molecule has 1 aromatic heterocycles. The van der Waals surface area contributed by atoms with E-state index in [0.717, 1.165) is 23.5 Å². The third-order valence-corrected chi connectivity index (χ3v) is 10.7. The zero-order chi connectivity index (χ0) is 30.8. The molecular formula is C24H40N3O10PS3. The molecule has 0 saturated carbocycles. The van der Waals surface area contributed by atoms with Crippen LogP contribution in [0.1, 0.15) is 51.9 Å². The molecule has 0 aliphatic heterocycles. The second-order valence-electron chi connectivity index (χ2n) is 9.08. The Bertz CT molecular complexity index is 894. The Kier molecular flexibility index (Phi) is 19.7. The summed E-state index contributed by atoms with van der Waals surface area (Å²) in [7, 11) is -0.635.